The van der Waals surface area contributed by atoms with Crippen LogP contribution in [0.15, 0.2) is 21.5 Å². The molecule has 1 heterocycles. The molecule has 0 aliphatic rings. The van der Waals surface area contributed by atoms with E-state index in [4.69, 9.17) is 0 Å². The van der Waals surface area contributed by atoms with Crippen molar-refractivity contribution in [2.75, 3.05) is 0 Å². The maximum absolute atomic E-state index is 11.6. The van der Waals surface area contributed by atoms with Gasteiger partial charge in [-0.3, -0.25) is 9.59 Å². The van der Waals surface area contributed by atoms with E-state index in [9.17, 15) is 9.59 Å². The monoisotopic (exact) mass is 257 g/mol. The zero-order chi connectivity index (χ0) is 10.9. The van der Waals surface area contributed by atoms with E-state index in [1.807, 2.05) is 6.92 Å². The molecule has 76 valence electrons. The number of rotatable bonds is 2. The van der Waals surface area contributed by atoms with Crippen molar-refractivity contribution >= 4 is 21.7 Å². The Morgan fingerprint density at radius 1 is 1.57 bits per heavy atom. The lowest BCUT2D eigenvalue weighted by Crippen LogP contribution is -2.27. The van der Waals surface area contributed by atoms with Gasteiger partial charge in [-0.2, -0.15) is 0 Å². The van der Waals surface area contributed by atoms with Crippen molar-refractivity contribution in [2.24, 2.45) is 0 Å². The van der Waals surface area contributed by atoms with E-state index < -0.39 is 6.04 Å². The van der Waals surface area contributed by atoms with Crippen LogP contribution in [0.25, 0.3) is 0 Å². The molecule has 14 heavy (non-hydrogen) atoms. The molecule has 0 saturated heterocycles. The van der Waals surface area contributed by atoms with E-state index in [1.54, 1.807) is 19.2 Å². The molecule has 1 aromatic rings. The topological polar surface area (TPSA) is 39.1 Å². The molecular weight excluding hydrogens is 246 g/mol. The molecule has 4 heteroatoms. The first-order chi connectivity index (χ1) is 6.43. The van der Waals surface area contributed by atoms with Gasteiger partial charge in [0.15, 0.2) is 5.78 Å². The van der Waals surface area contributed by atoms with Crippen LogP contribution in [-0.4, -0.2) is 10.4 Å². The molecule has 1 atom stereocenters. The lowest BCUT2D eigenvalue weighted by molar-refractivity contribution is -0.119. The second kappa shape index (κ2) is 4.09. The van der Waals surface area contributed by atoms with E-state index in [0.29, 0.717) is 4.47 Å². The first-order valence-electron chi connectivity index (χ1n) is 4.32. The molecule has 0 saturated carbocycles. The van der Waals surface area contributed by atoms with Gasteiger partial charge in [0.2, 0.25) is 0 Å². The summed E-state index contributed by atoms with van der Waals surface area (Å²) in [5.41, 5.74) is 0.780. The number of hydrogen-bond acceptors (Lipinski definition) is 2. The largest absolute Gasteiger partial charge is 0.304 e. The summed E-state index contributed by atoms with van der Waals surface area (Å²) in [6.45, 7) is 5.08. The third-order valence-corrected chi connectivity index (χ3v) is 2.71. The summed E-state index contributed by atoms with van der Waals surface area (Å²) in [6.07, 6.45) is 1.69. The Kier molecular flexibility index (Phi) is 3.26. The quantitative estimate of drug-likeness (QED) is 0.814. The molecule has 0 fully saturated rings. The van der Waals surface area contributed by atoms with Crippen molar-refractivity contribution in [3.8, 4) is 0 Å². The Labute approximate surface area is 90.9 Å². The number of pyridine rings is 1. The number of carbonyl (C=O) groups excluding carboxylic acids is 1. The van der Waals surface area contributed by atoms with Crippen LogP contribution in [0.2, 0.25) is 0 Å². The maximum Gasteiger partial charge on any atom is 0.265 e. The summed E-state index contributed by atoms with van der Waals surface area (Å²) in [5.74, 6) is -0.0235. The number of nitrogens with zero attached hydrogens (tertiary/aromatic N) is 1. The zero-order valence-electron chi connectivity index (χ0n) is 8.37. The molecule has 0 radical (unpaired) electrons. The first-order valence-corrected chi connectivity index (χ1v) is 5.11. The van der Waals surface area contributed by atoms with Crippen molar-refractivity contribution in [1.29, 1.82) is 0 Å². The average molecular weight is 258 g/mol. The maximum atomic E-state index is 11.6. The highest BCUT2D eigenvalue weighted by Gasteiger charge is 2.12. The van der Waals surface area contributed by atoms with Crippen LogP contribution in [-0.2, 0) is 4.79 Å². The number of carbonyl (C=O) groups is 1. The lowest BCUT2D eigenvalue weighted by atomic mass is 10.2. The van der Waals surface area contributed by atoms with Crippen LogP contribution in [0.5, 0.6) is 0 Å². The van der Waals surface area contributed by atoms with Crippen LogP contribution >= 0.6 is 15.9 Å². The van der Waals surface area contributed by atoms with E-state index in [2.05, 4.69) is 15.9 Å². The highest BCUT2D eigenvalue weighted by molar-refractivity contribution is 9.10. The summed E-state index contributed by atoms with van der Waals surface area (Å²) >= 11 is 3.17. The third-order valence-electron chi connectivity index (χ3n) is 2.14. The van der Waals surface area contributed by atoms with E-state index in [1.165, 1.54) is 11.5 Å². The molecule has 0 bridgehead atoms. The molecule has 0 aromatic carbocycles. The Balaban J connectivity index is 3.34. The van der Waals surface area contributed by atoms with Crippen LogP contribution in [0, 0.1) is 6.92 Å². The van der Waals surface area contributed by atoms with Crippen molar-refractivity contribution in [3.05, 3.63) is 32.7 Å². The lowest BCUT2D eigenvalue weighted by Gasteiger charge is -2.12. The number of Topliss-reactive ketones (excluding diaryl/α,β-unsaturated/α-hetero) is 1. The number of aryl methyl sites for hydroxylation is 1. The molecule has 0 N–H and O–H groups in total. The minimum absolute atomic E-state index is 0.0235. The van der Waals surface area contributed by atoms with Crippen molar-refractivity contribution < 1.29 is 4.79 Å². The number of ketones is 1. The predicted molar refractivity (Wildman–Crippen MR) is 58.5 cm³/mol. The highest BCUT2D eigenvalue weighted by atomic mass is 79.9. The van der Waals surface area contributed by atoms with Crippen molar-refractivity contribution in [2.45, 2.75) is 26.8 Å². The second-order valence-electron chi connectivity index (χ2n) is 3.36. The van der Waals surface area contributed by atoms with E-state index in [0.717, 1.165) is 5.56 Å². The highest BCUT2D eigenvalue weighted by Crippen LogP contribution is 2.10. The summed E-state index contributed by atoms with van der Waals surface area (Å²) in [6, 6.07) is 1.34. The second-order valence-corrected chi connectivity index (χ2v) is 4.22. The van der Waals surface area contributed by atoms with Gasteiger partial charge in [-0.1, -0.05) is 0 Å². The smallest absolute Gasteiger partial charge is 0.265 e. The Morgan fingerprint density at radius 3 is 2.64 bits per heavy atom. The van der Waals surface area contributed by atoms with Gasteiger partial charge in [-0.25, -0.2) is 0 Å². The Hall–Kier alpha value is -0.900. The average Bonchev–Trinajstić information content (AvgIpc) is 2.09. The van der Waals surface area contributed by atoms with Crippen LogP contribution in [0.3, 0.4) is 0 Å². The van der Waals surface area contributed by atoms with Gasteiger partial charge in [0.05, 0.1) is 10.5 Å². The molecule has 0 spiro atoms. The summed E-state index contributed by atoms with van der Waals surface area (Å²) in [4.78, 5) is 22.8. The fourth-order valence-electron chi connectivity index (χ4n) is 1.18. The van der Waals surface area contributed by atoms with Gasteiger partial charge in [0.1, 0.15) is 0 Å². The van der Waals surface area contributed by atoms with Crippen LogP contribution < -0.4 is 5.56 Å². The fraction of sp³-hybridized carbons (Fsp3) is 0.400. The van der Waals surface area contributed by atoms with Crippen molar-refractivity contribution in [3.63, 3.8) is 0 Å². The molecule has 3 nitrogen and oxygen atoms in total. The Bertz CT molecular complexity index is 423. The molecule has 1 aromatic heterocycles. The van der Waals surface area contributed by atoms with Gasteiger partial charge in [-0.05, 0) is 48.3 Å². The fourth-order valence-corrected chi connectivity index (χ4v) is 1.75. The van der Waals surface area contributed by atoms with E-state index >= 15 is 0 Å². The van der Waals surface area contributed by atoms with Gasteiger partial charge >= 0.3 is 0 Å². The molecule has 1 rings (SSSR count). The van der Waals surface area contributed by atoms with Gasteiger partial charge in [-0.15, -0.1) is 0 Å². The van der Waals surface area contributed by atoms with Crippen LogP contribution in [0.1, 0.15) is 25.5 Å². The van der Waals surface area contributed by atoms with Crippen LogP contribution in [0.4, 0.5) is 0 Å². The number of hydrogen-bond donors (Lipinski definition) is 0. The van der Waals surface area contributed by atoms with Crippen molar-refractivity contribution in [1.82, 2.24) is 4.57 Å². The summed E-state index contributed by atoms with van der Waals surface area (Å²) in [7, 11) is 0. The van der Waals surface area contributed by atoms with E-state index in [-0.39, 0.29) is 11.3 Å². The van der Waals surface area contributed by atoms with Gasteiger partial charge in [0, 0.05) is 6.20 Å². The first kappa shape index (κ1) is 11.2. The molecule has 0 aliphatic carbocycles. The van der Waals surface area contributed by atoms with Gasteiger partial charge in [0.25, 0.3) is 5.56 Å². The summed E-state index contributed by atoms with van der Waals surface area (Å²) < 4.78 is 1.94. The van der Waals surface area contributed by atoms with Gasteiger partial charge < -0.3 is 4.57 Å². The zero-order valence-corrected chi connectivity index (χ0v) is 9.96. The molecule has 0 amide bonds. The Morgan fingerprint density at radius 2 is 2.14 bits per heavy atom. The predicted octanol–water partition coefficient (Wildman–Crippen LogP) is 2.07. The normalized spacial score (nSPS) is 12.6. The molecular formula is C10H12BrNO2. The molecule has 0 aliphatic heterocycles. The minimum atomic E-state index is -0.404. The molecule has 1 unspecified atom stereocenters. The SMILES string of the molecule is CC(=O)C(C)n1cc(C)cc(Br)c1=O. The third kappa shape index (κ3) is 2.12. The minimum Gasteiger partial charge on any atom is -0.304 e. The number of halogens is 1. The standard InChI is InChI=1S/C10H12BrNO2/c1-6-4-9(11)10(14)12(5-6)7(2)8(3)13/h4-5,7H,1-3H3. The number of aromatic nitrogens is 1. The summed E-state index contributed by atoms with van der Waals surface area (Å²) in [5, 5.41) is 0.